The molecule has 0 saturated carbocycles. The molecule has 0 fully saturated rings. The van der Waals surface area contributed by atoms with Gasteiger partial charge in [-0.1, -0.05) is 6.92 Å². The highest BCUT2D eigenvalue weighted by Crippen LogP contribution is 2.16. The van der Waals surface area contributed by atoms with E-state index in [1.54, 1.807) is 24.3 Å². The van der Waals surface area contributed by atoms with Crippen molar-refractivity contribution < 1.29 is 14.3 Å². The molecule has 0 bridgehead atoms. The van der Waals surface area contributed by atoms with Gasteiger partial charge in [0.05, 0.1) is 0 Å². The summed E-state index contributed by atoms with van der Waals surface area (Å²) in [6.45, 7) is 2.23. The number of amides is 2. The Labute approximate surface area is 112 Å². The third-order valence-electron chi connectivity index (χ3n) is 2.46. The molecule has 19 heavy (non-hydrogen) atoms. The fourth-order valence-corrected chi connectivity index (χ4v) is 1.40. The van der Waals surface area contributed by atoms with E-state index in [1.165, 1.54) is 0 Å². The van der Waals surface area contributed by atoms with Crippen LogP contribution in [-0.2, 0) is 9.59 Å². The number of hydrogen-bond donors (Lipinski definition) is 3. The van der Waals surface area contributed by atoms with E-state index in [-0.39, 0.29) is 18.4 Å². The van der Waals surface area contributed by atoms with Crippen LogP contribution in [0.3, 0.4) is 0 Å². The summed E-state index contributed by atoms with van der Waals surface area (Å²) in [5.41, 5.74) is 11.1. The van der Waals surface area contributed by atoms with Gasteiger partial charge in [0.2, 0.25) is 5.91 Å². The van der Waals surface area contributed by atoms with Gasteiger partial charge in [-0.15, -0.1) is 0 Å². The minimum atomic E-state index is -0.534. The number of hydrogen-bond acceptors (Lipinski definition) is 4. The van der Waals surface area contributed by atoms with Crippen molar-refractivity contribution >= 4 is 17.5 Å². The third-order valence-corrected chi connectivity index (χ3v) is 2.46. The zero-order valence-corrected chi connectivity index (χ0v) is 10.9. The SMILES string of the molecule is CC(CN)CC(=O)Nc1ccc(OCC(N)=O)cc1. The molecule has 0 aliphatic rings. The summed E-state index contributed by atoms with van der Waals surface area (Å²) in [7, 11) is 0. The van der Waals surface area contributed by atoms with Crippen molar-refractivity contribution in [2.75, 3.05) is 18.5 Å². The molecule has 0 radical (unpaired) electrons. The molecule has 0 spiro atoms. The average molecular weight is 265 g/mol. The number of benzene rings is 1. The third kappa shape index (κ3) is 5.87. The topological polar surface area (TPSA) is 107 Å². The molecule has 104 valence electrons. The van der Waals surface area contributed by atoms with Crippen LogP contribution in [-0.4, -0.2) is 25.0 Å². The lowest BCUT2D eigenvalue weighted by Gasteiger charge is -2.10. The highest BCUT2D eigenvalue weighted by atomic mass is 16.5. The summed E-state index contributed by atoms with van der Waals surface area (Å²) in [4.78, 5) is 22.2. The Morgan fingerprint density at radius 2 is 1.95 bits per heavy atom. The molecule has 6 nitrogen and oxygen atoms in total. The van der Waals surface area contributed by atoms with Gasteiger partial charge in [0, 0.05) is 12.1 Å². The molecule has 2 amide bonds. The van der Waals surface area contributed by atoms with E-state index in [0.29, 0.717) is 24.4 Å². The van der Waals surface area contributed by atoms with Crippen molar-refractivity contribution in [1.82, 2.24) is 0 Å². The number of nitrogens with two attached hydrogens (primary N) is 2. The van der Waals surface area contributed by atoms with Gasteiger partial charge in [-0.3, -0.25) is 9.59 Å². The van der Waals surface area contributed by atoms with Crippen molar-refractivity contribution in [2.45, 2.75) is 13.3 Å². The molecule has 0 heterocycles. The number of nitrogens with one attached hydrogen (secondary N) is 1. The van der Waals surface area contributed by atoms with Crippen LogP contribution in [0.4, 0.5) is 5.69 Å². The maximum absolute atomic E-state index is 11.6. The van der Waals surface area contributed by atoms with Crippen LogP contribution in [0.1, 0.15) is 13.3 Å². The van der Waals surface area contributed by atoms with E-state index in [2.05, 4.69) is 5.32 Å². The van der Waals surface area contributed by atoms with Crippen LogP contribution in [0.2, 0.25) is 0 Å². The van der Waals surface area contributed by atoms with Crippen LogP contribution in [0, 0.1) is 5.92 Å². The first kappa shape index (κ1) is 15.0. The Morgan fingerprint density at radius 1 is 1.32 bits per heavy atom. The normalized spacial score (nSPS) is 11.7. The first-order valence-corrected chi connectivity index (χ1v) is 6.02. The highest BCUT2D eigenvalue weighted by Gasteiger charge is 2.07. The Hall–Kier alpha value is -2.08. The first-order chi connectivity index (χ1) is 9.01. The highest BCUT2D eigenvalue weighted by molar-refractivity contribution is 5.90. The number of carbonyl (C=O) groups is 2. The number of anilines is 1. The molecule has 1 rings (SSSR count). The van der Waals surface area contributed by atoms with Crippen LogP contribution >= 0.6 is 0 Å². The summed E-state index contributed by atoms with van der Waals surface area (Å²) in [5, 5.41) is 2.76. The Kier molecular flexibility index (Phi) is 5.81. The minimum Gasteiger partial charge on any atom is -0.484 e. The van der Waals surface area contributed by atoms with E-state index in [9.17, 15) is 9.59 Å². The van der Waals surface area contributed by atoms with Gasteiger partial charge < -0.3 is 21.5 Å². The molecule has 0 aliphatic heterocycles. The molecule has 0 saturated heterocycles. The zero-order chi connectivity index (χ0) is 14.3. The predicted molar refractivity (Wildman–Crippen MR) is 72.6 cm³/mol. The van der Waals surface area contributed by atoms with Crippen LogP contribution in [0.15, 0.2) is 24.3 Å². The van der Waals surface area contributed by atoms with Gasteiger partial charge in [-0.25, -0.2) is 0 Å². The van der Waals surface area contributed by atoms with Gasteiger partial charge in [-0.05, 0) is 36.7 Å². The molecule has 1 aromatic carbocycles. The van der Waals surface area contributed by atoms with E-state index in [0.717, 1.165) is 0 Å². The number of primary amides is 1. The molecule has 1 aromatic rings. The number of rotatable bonds is 7. The lowest BCUT2D eigenvalue weighted by Crippen LogP contribution is -2.20. The van der Waals surface area contributed by atoms with E-state index in [1.807, 2.05) is 6.92 Å². The van der Waals surface area contributed by atoms with Crippen molar-refractivity contribution in [3.63, 3.8) is 0 Å². The van der Waals surface area contributed by atoms with Crippen molar-refractivity contribution in [3.8, 4) is 5.75 Å². The van der Waals surface area contributed by atoms with Gasteiger partial charge >= 0.3 is 0 Å². The largest absolute Gasteiger partial charge is 0.484 e. The van der Waals surface area contributed by atoms with Crippen LogP contribution in [0.5, 0.6) is 5.75 Å². The lowest BCUT2D eigenvalue weighted by molar-refractivity contribution is -0.120. The van der Waals surface area contributed by atoms with E-state index < -0.39 is 5.91 Å². The lowest BCUT2D eigenvalue weighted by atomic mass is 10.1. The zero-order valence-electron chi connectivity index (χ0n) is 10.9. The van der Waals surface area contributed by atoms with Gasteiger partial charge in [0.25, 0.3) is 5.91 Å². The second-order valence-corrected chi connectivity index (χ2v) is 4.37. The van der Waals surface area contributed by atoms with Crippen molar-refractivity contribution in [2.24, 2.45) is 17.4 Å². The molecule has 0 aliphatic carbocycles. The van der Waals surface area contributed by atoms with Crippen LogP contribution in [0.25, 0.3) is 0 Å². The summed E-state index contributed by atoms with van der Waals surface area (Å²) >= 11 is 0. The molecular weight excluding hydrogens is 246 g/mol. The van der Waals surface area contributed by atoms with Crippen molar-refractivity contribution in [3.05, 3.63) is 24.3 Å². The molecule has 5 N–H and O–H groups in total. The molecule has 6 heteroatoms. The average Bonchev–Trinajstić information content (AvgIpc) is 2.37. The summed E-state index contributed by atoms with van der Waals surface area (Å²) in [5.74, 6) is 0.0576. The maximum Gasteiger partial charge on any atom is 0.255 e. The van der Waals surface area contributed by atoms with Crippen LogP contribution < -0.4 is 21.5 Å². The summed E-state index contributed by atoms with van der Waals surface area (Å²) in [6, 6.07) is 6.71. The smallest absolute Gasteiger partial charge is 0.255 e. The minimum absolute atomic E-state index is 0.0799. The fraction of sp³-hybridized carbons (Fsp3) is 0.385. The Balaban J connectivity index is 2.47. The molecular formula is C13H19N3O3. The van der Waals surface area contributed by atoms with E-state index >= 15 is 0 Å². The second kappa shape index (κ2) is 7.38. The second-order valence-electron chi connectivity index (χ2n) is 4.37. The van der Waals surface area contributed by atoms with Crippen molar-refractivity contribution in [1.29, 1.82) is 0 Å². The predicted octanol–water partition coefficient (Wildman–Crippen LogP) is 0.474. The Morgan fingerprint density at radius 3 is 2.47 bits per heavy atom. The van der Waals surface area contributed by atoms with Gasteiger partial charge in [-0.2, -0.15) is 0 Å². The molecule has 0 aromatic heterocycles. The summed E-state index contributed by atoms with van der Waals surface area (Å²) < 4.78 is 5.11. The van der Waals surface area contributed by atoms with Gasteiger partial charge in [0.15, 0.2) is 6.61 Å². The number of ether oxygens (including phenoxy) is 1. The van der Waals surface area contributed by atoms with Gasteiger partial charge in [0.1, 0.15) is 5.75 Å². The first-order valence-electron chi connectivity index (χ1n) is 6.02. The fourth-order valence-electron chi connectivity index (χ4n) is 1.40. The summed E-state index contributed by atoms with van der Waals surface area (Å²) in [6.07, 6.45) is 0.385. The molecule has 1 atom stereocenters. The quantitative estimate of drug-likeness (QED) is 0.666. The Bertz CT molecular complexity index is 431. The van der Waals surface area contributed by atoms with E-state index in [4.69, 9.17) is 16.2 Å². The standard InChI is InChI=1S/C13H19N3O3/c1-9(7-14)6-13(18)16-10-2-4-11(5-3-10)19-8-12(15)17/h2-5,9H,6-8,14H2,1H3,(H2,15,17)(H,16,18). The monoisotopic (exact) mass is 265 g/mol. The maximum atomic E-state index is 11.6. The molecule has 1 unspecified atom stereocenters. The number of carbonyl (C=O) groups excluding carboxylic acids is 2.